The van der Waals surface area contributed by atoms with Gasteiger partial charge in [0.15, 0.2) is 5.82 Å². The number of aromatic nitrogens is 5. The van der Waals surface area contributed by atoms with Crippen molar-refractivity contribution in [1.29, 1.82) is 0 Å². The smallest absolute Gasteiger partial charge is 0.252 e. The number of para-hydroxylation sites is 1. The summed E-state index contributed by atoms with van der Waals surface area (Å²) in [5, 5.41) is 14.1. The lowest BCUT2D eigenvalue weighted by atomic mass is 10.0. The third kappa shape index (κ3) is 5.03. The highest BCUT2D eigenvalue weighted by molar-refractivity contribution is 5.85. The van der Waals surface area contributed by atoms with Gasteiger partial charge < -0.3 is 9.72 Å². The number of nitrogens with one attached hydrogen (secondary N) is 1. The van der Waals surface area contributed by atoms with Crippen LogP contribution in [0.25, 0.3) is 10.9 Å². The molecule has 0 spiro atoms. The molecule has 1 aliphatic rings. The third-order valence-corrected chi connectivity index (χ3v) is 7.77. The molecule has 1 atom stereocenters. The number of nitrogens with zero attached hydrogens (tertiary/aromatic N) is 5. The first kappa shape index (κ1) is 25.1. The van der Waals surface area contributed by atoms with Gasteiger partial charge in [-0.25, -0.2) is 4.68 Å². The first-order chi connectivity index (χ1) is 18.0. The second-order valence-electron chi connectivity index (χ2n) is 10.2. The minimum Gasteiger partial charge on any atom is -0.496 e. The van der Waals surface area contributed by atoms with Gasteiger partial charge in [0.25, 0.3) is 5.56 Å². The highest BCUT2D eigenvalue weighted by Gasteiger charge is 2.30. The van der Waals surface area contributed by atoms with Gasteiger partial charge in [-0.05, 0) is 66.8 Å². The second kappa shape index (κ2) is 10.8. The molecule has 1 aliphatic carbocycles. The fourth-order valence-electron chi connectivity index (χ4n) is 5.72. The zero-order valence-corrected chi connectivity index (χ0v) is 22.2. The number of benzene rings is 2. The van der Waals surface area contributed by atoms with Crippen molar-refractivity contribution in [3.63, 3.8) is 0 Å². The SMILES string of the molecule is CC[C@H](c1nnnn1C1CCCC1)N(Cc1ccccc1OC)Cc1cc2c(C)ccc(C)c2[nH]c1=O. The van der Waals surface area contributed by atoms with Crippen molar-refractivity contribution in [3.8, 4) is 5.75 Å². The average molecular weight is 501 g/mol. The van der Waals surface area contributed by atoms with E-state index in [4.69, 9.17) is 4.74 Å². The summed E-state index contributed by atoms with van der Waals surface area (Å²) in [6.07, 6.45) is 5.42. The van der Waals surface area contributed by atoms with Crippen molar-refractivity contribution >= 4 is 10.9 Å². The Balaban J connectivity index is 1.58. The molecule has 1 N–H and O–H groups in total. The maximum absolute atomic E-state index is 13.3. The normalized spacial score (nSPS) is 15.1. The van der Waals surface area contributed by atoms with Crippen LogP contribution in [0.2, 0.25) is 0 Å². The number of ether oxygens (including phenoxy) is 1. The Kier molecular flexibility index (Phi) is 7.37. The monoisotopic (exact) mass is 500 g/mol. The predicted octanol–water partition coefficient (Wildman–Crippen LogP) is 5.41. The molecule has 0 aliphatic heterocycles. The minimum atomic E-state index is -0.0609. The Morgan fingerprint density at radius 1 is 1.08 bits per heavy atom. The molecular formula is C29H36N6O2. The zero-order valence-electron chi connectivity index (χ0n) is 22.2. The van der Waals surface area contributed by atoms with Gasteiger partial charge in [-0.3, -0.25) is 9.69 Å². The zero-order chi connectivity index (χ0) is 25.9. The molecule has 0 radical (unpaired) electrons. The van der Waals surface area contributed by atoms with Crippen molar-refractivity contribution in [2.24, 2.45) is 0 Å². The Hall–Kier alpha value is -3.52. The number of fused-ring (bicyclic) bond motifs is 1. The van der Waals surface area contributed by atoms with Gasteiger partial charge in [0.1, 0.15) is 5.75 Å². The fraction of sp³-hybridized carbons (Fsp3) is 0.448. The molecule has 1 fully saturated rings. The van der Waals surface area contributed by atoms with Gasteiger partial charge in [-0.1, -0.05) is 50.1 Å². The lowest BCUT2D eigenvalue weighted by Gasteiger charge is -2.31. The Bertz CT molecular complexity index is 1440. The Morgan fingerprint density at radius 2 is 1.81 bits per heavy atom. The van der Waals surface area contributed by atoms with Crippen LogP contribution in [0.1, 0.15) is 79.2 Å². The first-order valence-electron chi connectivity index (χ1n) is 13.3. The van der Waals surface area contributed by atoms with Crippen LogP contribution in [0, 0.1) is 13.8 Å². The third-order valence-electron chi connectivity index (χ3n) is 7.77. The lowest BCUT2D eigenvalue weighted by Crippen LogP contribution is -2.33. The highest BCUT2D eigenvalue weighted by atomic mass is 16.5. The predicted molar refractivity (Wildman–Crippen MR) is 145 cm³/mol. The number of methoxy groups -OCH3 is 1. The fourth-order valence-corrected chi connectivity index (χ4v) is 5.72. The highest BCUT2D eigenvalue weighted by Crippen LogP contribution is 2.34. The summed E-state index contributed by atoms with van der Waals surface area (Å²) in [6.45, 7) is 7.34. The summed E-state index contributed by atoms with van der Waals surface area (Å²) in [5.74, 6) is 1.70. The van der Waals surface area contributed by atoms with Crippen molar-refractivity contribution < 1.29 is 4.74 Å². The minimum absolute atomic E-state index is 0.0588. The van der Waals surface area contributed by atoms with Crippen LogP contribution in [0.3, 0.4) is 0 Å². The van der Waals surface area contributed by atoms with E-state index in [1.165, 1.54) is 12.8 Å². The van der Waals surface area contributed by atoms with E-state index in [0.29, 0.717) is 19.1 Å². The van der Waals surface area contributed by atoms with E-state index in [1.807, 2.05) is 29.8 Å². The van der Waals surface area contributed by atoms with Crippen LogP contribution < -0.4 is 10.3 Å². The number of aromatic amines is 1. The Morgan fingerprint density at radius 3 is 2.57 bits per heavy atom. The summed E-state index contributed by atoms with van der Waals surface area (Å²) in [7, 11) is 1.69. The molecule has 0 bridgehead atoms. The summed E-state index contributed by atoms with van der Waals surface area (Å²) in [4.78, 5) is 18.8. The lowest BCUT2D eigenvalue weighted by molar-refractivity contribution is 0.156. The number of tetrazole rings is 1. The van der Waals surface area contributed by atoms with E-state index in [2.05, 4.69) is 63.5 Å². The molecule has 194 valence electrons. The molecule has 0 amide bonds. The van der Waals surface area contributed by atoms with Crippen LogP contribution in [-0.2, 0) is 13.1 Å². The number of hydrogen-bond donors (Lipinski definition) is 1. The Labute approximate surface area is 217 Å². The molecule has 0 saturated heterocycles. The molecule has 1 saturated carbocycles. The number of rotatable bonds is 9. The van der Waals surface area contributed by atoms with Crippen molar-refractivity contribution in [1.82, 2.24) is 30.1 Å². The molecular weight excluding hydrogens is 464 g/mol. The number of aryl methyl sites for hydroxylation is 2. The first-order valence-corrected chi connectivity index (χ1v) is 13.3. The van der Waals surface area contributed by atoms with Crippen molar-refractivity contribution in [2.75, 3.05) is 7.11 Å². The van der Waals surface area contributed by atoms with Crippen LogP contribution in [0.5, 0.6) is 5.75 Å². The van der Waals surface area contributed by atoms with Gasteiger partial charge in [-0.15, -0.1) is 5.10 Å². The van der Waals surface area contributed by atoms with E-state index in [0.717, 1.165) is 64.0 Å². The maximum Gasteiger partial charge on any atom is 0.252 e. The second-order valence-corrected chi connectivity index (χ2v) is 10.2. The quantitative estimate of drug-likeness (QED) is 0.331. The van der Waals surface area contributed by atoms with Crippen LogP contribution in [0.4, 0.5) is 0 Å². The van der Waals surface area contributed by atoms with E-state index in [9.17, 15) is 4.79 Å². The number of H-pyrrole nitrogens is 1. The standard InChI is InChI=1S/C29H36N6O2/c1-5-25(28-31-32-33-35(28)23-11-7-8-12-23)34(17-21-10-6-9-13-26(21)37-4)18-22-16-24-19(2)14-15-20(3)27(24)30-29(22)36/h6,9-10,13-16,23,25H,5,7-8,11-12,17-18H2,1-4H3,(H,30,36)/t25-/m1/s1. The molecule has 5 rings (SSSR count). The van der Waals surface area contributed by atoms with E-state index in [1.54, 1.807) is 7.11 Å². The maximum atomic E-state index is 13.3. The summed E-state index contributed by atoms with van der Waals surface area (Å²) in [5.41, 5.74) is 4.85. The largest absolute Gasteiger partial charge is 0.496 e. The van der Waals surface area contributed by atoms with Gasteiger partial charge in [0, 0.05) is 29.6 Å². The van der Waals surface area contributed by atoms with Crippen molar-refractivity contribution in [3.05, 3.63) is 80.9 Å². The molecule has 8 heteroatoms. The molecule has 4 aromatic rings. The van der Waals surface area contributed by atoms with Crippen LogP contribution in [0.15, 0.2) is 47.3 Å². The molecule has 37 heavy (non-hydrogen) atoms. The van der Waals surface area contributed by atoms with Crippen molar-refractivity contribution in [2.45, 2.75) is 78.0 Å². The molecule has 2 aromatic carbocycles. The molecule has 2 heterocycles. The van der Waals surface area contributed by atoms with E-state index < -0.39 is 0 Å². The topological polar surface area (TPSA) is 88.9 Å². The van der Waals surface area contributed by atoms with Crippen LogP contribution in [-0.4, -0.2) is 37.2 Å². The summed E-state index contributed by atoms with van der Waals surface area (Å²) in [6, 6.07) is 14.5. The molecule has 2 aromatic heterocycles. The van der Waals surface area contributed by atoms with Gasteiger partial charge in [0.2, 0.25) is 0 Å². The molecule has 0 unspecified atom stereocenters. The van der Waals surface area contributed by atoms with Crippen LogP contribution >= 0.6 is 0 Å². The van der Waals surface area contributed by atoms with Gasteiger partial charge in [0.05, 0.1) is 24.7 Å². The van der Waals surface area contributed by atoms with Gasteiger partial charge in [-0.2, -0.15) is 0 Å². The number of hydrogen-bond acceptors (Lipinski definition) is 6. The average Bonchev–Trinajstić information content (AvgIpc) is 3.60. The summed E-state index contributed by atoms with van der Waals surface area (Å²) >= 11 is 0. The molecule has 8 nitrogen and oxygen atoms in total. The van der Waals surface area contributed by atoms with E-state index in [-0.39, 0.29) is 11.6 Å². The van der Waals surface area contributed by atoms with Gasteiger partial charge >= 0.3 is 0 Å². The number of pyridine rings is 1. The summed E-state index contributed by atoms with van der Waals surface area (Å²) < 4.78 is 7.71. The van der Waals surface area contributed by atoms with E-state index >= 15 is 0 Å².